The Hall–Kier alpha value is -1.65. The number of fused-ring (bicyclic) bond motifs is 2. The molecule has 2 unspecified atom stereocenters. The summed E-state index contributed by atoms with van der Waals surface area (Å²) in [7, 11) is -3.50. The first-order valence-electron chi connectivity index (χ1n) is 9.19. The van der Waals surface area contributed by atoms with E-state index < -0.39 is 19.4 Å². The normalized spacial score (nSPS) is 30.2. The molecule has 5 nitrogen and oxygen atoms in total. The lowest BCUT2D eigenvalue weighted by Crippen LogP contribution is -3.13. The molecule has 0 spiro atoms. The maximum Gasteiger partial charge on any atom is 0.387 e. The first-order valence-corrected chi connectivity index (χ1v) is 10.8. The summed E-state index contributed by atoms with van der Waals surface area (Å²) < 4.78 is 24.7. The van der Waals surface area contributed by atoms with Gasteiger partial charge in [0.15, 0.2) is 0 Å². The van der Waals surface area contributed by atoms with E-state index in [-0.39, 0.29) is 6.61 Å². The topological polar surface area (TPSA) is 63.0 Å². The molecule has 0 aromatic heterocycles. The summed E-state index contributed by atoms with van der Waals surface area (Å²) >= 11 is 0. The van der Waals surface area contributed by atoms with Crippen molar-refractivity contribution in [2.75, 3.05) is 19.7 Å². The number of benzene rings is 2. The van der Waals surface area contributed by atoms with Crippen LogP contribution >= 0.6 is 7.60 Å². The monoisotopic (exact) mass is 373 g/mol. The Kier molecular flexibility index (Phi) is 4.89. The second kappa shape index (κ2) is 7.16. The number of nitrogens with one attached hydrogen (secondary N) is 1. The van der Waals surface area contributed by atoms with Gasteiger partial charge in [0.2, 0.25) is 0 Å². The average Bonchev–Trinajstić information content (AvgIpc) is 2.65. The van der Waals surface area contributed by atoms with E-state index >= 15 is 0 Å². The smallest absolute Gasteiger partial charge is 0.387 e. The number of rotatable bonds is 4. The SMILES string of the molecule is CCOP1(=O)Oc2ccccc2[C@H]([O-])[C@H]1C[NH+]1CCc2ccccc2C1. The molecule has 6 heteroatoms. The van der Waals surface area contributed by atoms with Gasteiger partial charge >= 0.3 is 7.60 Å². The van der Waals surface area contributed by atoms with Crippen LogP contribution < -0.4 is 14.5 Å². The molecule has 0 radical (unpaired) electrons. The molecule has 0 amide bonds. The van der Waals surface area contributed by atoms with Crippen LogP contribution in [-0.2, 0) is 22.1 Å². The van der Waals surface area contributed by atoms with E-state index in [1.807, 2.05) is 12.1 Å². The minimum absolute atomic E-state index is 0.265. The lowest BCUT2D eigenvalue weighted by atomic mass is 9.99. The van der Waals surface area contributed by atoms with Gasteiger partial charge in [-0.2, -0.15) is 0 Å². The van der Waals surface area contributed by atoms with Gasteiger partial charge in [-0.3, -0.25) is 4.52 Å². The number of quaternary nitrogens is 1. The van der Waals surface area contributed by atoms with Gasteiger partial charge in [-0.15, -0.1) is 0 Å². The maximum atomic E-state index is 13.4. The summed E-state index contributed by atoms with van der Waals surface area (Å²) in [6, 6.07) is 15.5. The Morgan fingerprint density at radius 3 is 2.73 bits per heavy atom. The predicted molar refractivity (Wildman–Crippen MR) is 97.4 cm³/mol. The summed E-state index contributed by atoms with van der Waals surface area (Å²) in [5.41, 5.74) is 2.59. The van der Waals surface area contributed by atoms with Crippen molar-refractivity contribution in [3.63, 3.8) is 0 Å². The first kappa shape index (κ1) is 17.7. The quantitative estimate of drug-likeness (QED) is 0.829. The van der Waals surface area contributed by atoms with Crippen LogP contribution in [0.4, 0.5) is 0 Å². The van der Waals surface area contributed by atoms with E-state index in [2.05, 4.69) is 18.2 Å². The largest absolute Gasteiger partial charge is 0.848 e. The molecule has 2 aliphatic heterocycles. The van der Waals surface area contributed by atoms with Crippen molar-refractivity contribution in [3.05, 3.63) is 65.2 Å². The minimum atomic E-state index is -3.50. The molecule has 138 valence electrons. The van der Waals surface area contributed by atoms with Gasteiger partial charge in [-0.1, -0.05) is 48.6 Å². The fraction of sp³-hybridized carbons (Fsp3) is 0.400. The average molecular weight is 373 g/mol. The summed E-state index contributed by atoms with van der Waals surface area (Å²) in [6.45, 7) is 4.31. The van der Waals surface area contributed by atoms with Gasteiger partial charge in [-0.05, 0) is 24.1 Å². The molecule has 4 atom stereocenters. The van der Waals surface area contributed by atoms with Gasteiger partial charge in [0.25, 0.3) is 0 Å². The van der Waals surface area contributed by atoms with Gasteiger partial charge in [0.1, 0.15) is 18.0 Å². The summed E-state index contributed by atoms with van der Waals surface area (Å²) in [6.07, 6.45) is -0.125. The fourth-order valence-electron chi connectivity index (χ4n) is 4.01. The summed E-state index contributed by atoms with van der Waals surface area (Å²) in [5, 5.41) is 13.2. The van der Waals surface area contributed by atoms with Crippen molar-refractivity contribution >= 4 is 7.60 Å². The second-order valence-electron chi connectivity index (χ2n) is 6.97. The zero-order chi connectivity index (χ0) is 18.1. The van der Waals surface area contributed by atoms with Crippen LogP contribution in [0.15, 0.2) is 48.5 Å². The van der Waals surface area contributed by atoms with E-state index in [0.29, 0.717) is 17.9 Å². The third kappa shape index (κ3) is 3.21. The van der Waals surface area contributed by atoms with Crippen molar-refractivity contribution in [2.24, 2.45) is 0 Å². The highest BCUT2D eigenvalue weighted by molar-refractivity contribution is 7.55. The van der Waals surface area contributed by atoms with Gasteiger partial charge < -0.3 is 14.5 Å². The maximum absolute atomic E-state index is 13.4. The molecule has 2 heterocycles. The standard InChI is InChI=1S/C20H23NO4P/c1-2-24-26(23)19(20(22)17-9-5-6-10-18(17)25-26)14-21-12-11-15-7-3-4-8-16(15)13-21/h3-10,19-20H,2,11-14H2,1H3/q-1/p+1/t19-,20+,26?/m1/s1. The molecule has 4 rings (SSSR count). The Bertz CT molecular complexity index is 840. The Labute approximate surface area is 154 Å². The highest BCUT2D eigenvalue weighted by Gasteiger charge is 2.46. The molecule has 1 N–H and O–H groups in total. The lowest BCUT2D eigenvalue weighted by Gasteiger charge is -2.42. The fourth-order valence-corrected chi connectivity index (χ4v) is 6.16. The molecule has 0 saturated heterocycles. The summed E-state index contributed by atoms with van der Waals surface area (Å²) in [5.74, 6) is 0.402. The zero-order valence-electron chi connectivity index (χ0n) is 14.9. The van der Waals surface area contributed by atoms with Crippen LogP contribution in [0.25, 0.3) is 0 Å². The van der Waals surface area contributed by atoms with Crippen molar-refractivity contribution in [1.29, 1.82) is 0 Å². The molecule has 2 aromatic carbocycles. The molecule has 0 saturated carbocycles. The number of hydrogen-bond donors (Lipinski definition) is 1. The van der Waals surface area contributed by atoms with E-state index in [0.717, 1.165) is 19.5 Å². The van der Waals surface area contributed by atoms with Gasteiger partial charge in [-0.25, -0.2) is 4.57 Å². The Morgan fingerprint density at radius 1 is 1.19 bits per heavy atom. The van der Waals surface area contributed by atoms with Crippen molar-refractivity contribution in [3.8, 4) is 5.75 Å². The van der Waals surface area contributed by atoms with Gasteiger partial charge in [0, 0.05) is 12.0 Å². The molecular formula is C20H24NO4P. The van der Waals surface area contributed by atoms with Crippen molar-refractivity contribution < 1.29 is 23.6 Å². The van der Waals surface area contributed by atoms with Crippen molar-refractivity contribution in [2.45, 2.75) is 31.7 Å². The van der Waals surface area contributed by atoms with Crippen LogP contribution in [0.2, 0.25) is 0 Å². The summed E-state index contributed by atoms with van der Waals surface area (Å²) in [4.78, 5) is 1.26. The number of hydrogen-bond acceptors (Lipinski definition) is 4. The van der Waals surface area contributed by atoms with Crippen LogP contribution in [0.1, 0.15) is 29.7 Å². The van der Waals surface area contributed by atoms with Crippen LogP contribution in [-0.4, -0.2) is 25.4 Å². The molecule has 26 heavy (non-hydrogen) atoms. The molecule has 2 aromatic rings. The van der Waals surface area contributed by atoms with Crippen molar-refractivity contribution in [1.82, 2.24) is 0 Å². The predicted octanol–water partition coefficient (Wildman–Crippen LogP) is 1.72. The molecule has 2 aliphatic rings. The third-order valence-electron chi connectivity index (χ3n) is 5.32. The minimum Gasteiger partial charge on any atom is -0.848 e. The highest BCUT2D eigenvalue weighted by Crippen LogP contribution is 2.60. The molecule has 0 fully saturated rings. The number of para-hydroxylation sites is 1. The van der Waals surface area contributed by atoms with Gasteiger partial charge in [0.05, 0.1) is 19.7 Å². The molecule has 0 bridgehead atoms. The molecule has 0 aliphatic carbocycles. The van der Waals surface area contributed by atoms with E-state index in [4.69, 9.17) is 9.05 Å². The third-order valence-corrected chi connectivity index (χ3v) is 7.66. The Balaban J connectivity index is 1.60. The van der Waals surface area contributed by atoms with E-state index in [9.17, 15) is 9.67 Å². The van der Waals surface area contributed by atoms with Crippen LogP contribution in [0.5, 0.6) is 5.75 Å². The molecular weight excluding hydrogens is 349 g/mol. The van der Waals surface area contributed by atoms with E-state index in [1.165, 1.54) is 16.0 Å². The van der Waals surface area contributed by atoms with Crippen LogP contribution in [0, 0.1) is 0 Å². The second-order valence-corrected chi connectivity index (χ2v) is 9.16. The first-order chi connectivity index (χ1) is 12.6. The van der Waals surface area contributed by atoms with E-state index in [1.54, 1.807) is 25.1 Å². The zero-order valence-corrected chi connectivity index (χ0v) is 15.8. The highest BCUT2D eigenvalue weighted by atomic mass is 31.2. The lowest BCUT2D eigenvalue weighted by molar-refractivity contribution is -0.916. The Morgan fingerprint density at radius 2 is 1.92 bits per heavy atom. The van der Waals surface area contributed by atoms with Crippen LogP contribution in [0.3, 0.4) is 0 Å².